The first-order chi connectivity index (χ1) is 7.59. The Morgan fingerprint density at radius 1 is 1.53 bits per heavy atom. The van der Waals surface area contributed by atoms with Crippen LogP contribution in [0.5, 0.6) is 0 Å². The van der Waals surface area contributed by atoms with E-state index in [1.54, 1.807) is 11.8 Å². The molecule has 0 radical (unpaired) electrons. The normalized spacial score (nSPS) is 12.1. The number of carboxylic acids is 1. The zero-order valence-electron chi connectivity index (χ0n) is 8.94. The molecule has 0 rings (SSSR count). The van der Waals surface area contributed by atoms with Crippen molar-refractivity contribution in [3.05, 3.63) is 0 Å². The van der Waals surface area contributed by atoms with Crippen LogP contribution in [-0.4, -0.2) is 48.0 Å². The molecule has 17 heavy (non-hydrogen) atoms. The van der Waals surface area contributed by atoms with Crippen LogP contribution in [0.2, 0.25) is 0 Å². The molecule has 0 bridgehead atoms. The van der Waals surface area contributed by atoms with Crippen molar-refractivity contribution in [3.8, 4) is 0 Å². The second-order valence-corrected chi connectivity index (χ2v) is 4.56. The van der Waals surface area contributed by atoms with E-state index in [9.17, 15) is 4.79 Å². The highest BCUT2D eigenvalue weighted by atomic mass is 32.2. The molecule has 7 N–H and O–H groups in total. The number of thioether (sulfide) groups is 1. The molecule has 12 heteroatoms. The fraction of sp³-hybridized carbons (Fsp3) is 0.800. The number of nitrogens with two attached hydrogens (primary N) is 1. The van der Waals surface area contributed by atoms with Crippen LogP contribution in [0.4, 0.5) is 0 Å². The molecule has 1 atom stereocenters. The molecule has 0 fully saturated rings. The van der Waals surface area contributed by atoms with Gasteiger partial charge in [-0.3, -0.25) is 13.8 Å². The number of aliphatic carboxylic acids is 1. The number of carbonyl (C=O) groups is 1. The first-order valence-electron chi connectivity index (χ1n) is 3.89. The molecule has 0 saturated carbocycles. The molecule has 106 valence electrons. The lowest BCUT2D eigenvalue weighted by molar-refractivity contribution is -0.138. The van der Waals surface area contributed by atoms with Gasteiger partial charge in [0.25, 0.3) is 0 Å². The predicted molar refractivity (Wildman–Crippen MR) is 66.5 cm³/mol. The third kappa shape index (κ3) is 49.4. The Morgan fingerprint density at radius 2 is 1.82 bits per heavy atom. The topological polar surface area (TPSA) is 182 Å². The third-order valence-corrected chi connectivity index (χ3v) is 1.59. The van der Waals surface area contributed by atoms with E-state index in [-0.39, 0.29) is 0 Å². The van der Waals surface area contributed by atoms with E-state index in [0.29, 0.717) is 6.42 Å². The van der Waals surface area contributed by atoms with Gasteiger partial charge in [-0.15, -0.1) is 0 Å². The van der Waals surface area contributed by atoms with Crippen LogP contribution in [0.25, 0.3) is 0 Å². The molecule has 0 saturated heterocycles. The van der Waals surface area contributed by atoms with Crippen molar-refractivity contribution in [2.24, 2.45) is 5.73 Å². The summed E-state index contributed by atoms with van der Waals surface area (Å²) in [6, 6.07) is -0.683. The van der Waals surface area contributed by atoms with Crippen LogP contribution >= 0.6 is 19.6 Å². The Morgan fingerprint density at radius 3 is 2.00 bits per heavy atom. The molecule has 9 nitrogen and oxygen atoms in total. The van der Waals surface area contributed by atoms with Crippen LogP contribution in [0, 0.1) is 4.78 Å². The Hall–Kier alpha value is -0.160. The number of hydrogen-bond acceptors (Lipinski definition) is 6. The average Bonchev–Trinajstić information content (AvgIpc) is 2.12. The number of rotatable bonds is 4. The van der Waals surface area contributed by atoms with Gasteiger partial charge in [0.05, 0.1) is 0 Å². The van der Waals surface area contributed by atoms with E-state index in [2.05, 4.69) is 0 Å². The smallest absolute Gasteiger partial charge is 0.466 e. The summed E-state index contributed by atoms with van der Waals surface area (Å²) in [4.78, 5) is 31.6. The third-order valence-electron chi connectivity index (χ3n) is 0.950. The van der Waals surface area contributed by atoms with Gasteiger partial charge in [-0.25, -0.2) is 4.57 Å². The Bertz CT molecular complexity index is 269. The van der Waals surface area contributed by atoms with Crippen LogP contribution in [0.1, 0.15) is 6.42 Å². The highest BCUT2D eigenvalue weighted by Crippen LogP contribution is 2.25. The Balaban J connectivity index is -0.000000207. The molecule has 0 aromatic heterocycles. The van der Waals surface area contributed by atoms with E-state index in [1.165, 1.54) is 0 Å². The van der Waals surface area contributed by atoms with Gasteiger partial charge in [0, 0.05) is 11.5 Å². The van der Waals surface area contributed by atoms with E-state index in [4.69, 9.17) is 39.1 Å². The summed E-state index contributed by atoms with van der Waals surface area (Å²) in [5.41, 5.74) is 5.19. The number of carboxylic acid groups (broad SMARTS) is 1. The summed E-state index contributed by atoms with van der Waals surface area (Å²) < 4.78 is 23.2. The highest BCUT2D eigenvalue weighted by Gasteiger charge is 2.08. The highest BCUT2D eigenvalue weighted by molar-refractivity contribution is 7.98. The zero-order valence-corrected chi connectivity index (χ0v) is 11.6. The Kier molecular flexibility index (Phi) is 18.0. The second-order valence-electron chi connectivity index (χ2n) is 2.34. The van der Waals surface area contributed by atoms with Crippen molar-refractivity contribution >= 4 is 37.0 Å². The van der Waals surface area contributed by atoms with Crippen molar-refractivity contribution in [3.63, 3.8) is 0 Å². The SMILES string of the molecule is CSCC[C@H](N)C(=O)O.N=[SH2]=O.O=P(O)(O)O. The van der Waals surface area contributed by atoms with Crippen molar-refractivity contribution in [1.82, 2.24) is 0 Å². The lowest BCUT2D eigenvalue weighted by atomic mass is 10.2. The largest absolute Gasteiger partial charge is 0.480 e. The predicted octanol–water partition coefficient (Wildman–Crippen LogP) is -1.35. The summed E-state index contributed by atoms with van der Waals surface area (Å²) in [6.07, 6.45) is 2.48. The van der Waals surface area contributed by atoms with Gasteiger partial charge in [0.15, 0.2) is 0 Å². The maximum absolute atomic E-state index is 10.1. The molecule has 0 aliphatic carbocycles. The van der Waals surface area contributed by atoms with Crippen LogP contribution < -0.4 is 5.73 Å². The first kappa shape index (κ1) is 22.1. The van der Waals surface area contributed by atoms with Gasteiger partial charge in [-0.2, -0.15) is 11.8 Å². The van der Waals surface area contributed by atoms with Gasteiger partial charge in [-0.05, 0) is 18.4 Å². The van der Waals surface area contributed by atoms with Gasteiger partial charge in [-0.1, -0.05) is 0 Å². The number of phosphoric acid groups is 1. The molecule has 0 aliphatic heterocycles. The molecule has 0 heterocycles. The molecule has 0 unspecified atom stereocenters. The van der Waals surface area contributed by atoms with Gasteiger partial charge >= 0.3 is 13.8 Å². The summed E-state index contributed by atoms with van der Waals surface area (Å²) >= 11 is 0.687. The van der Waals surface area contributed by atoms with Crippen LogP contribution in [0.15, 0.2) is 0 Å². The molecule has 0 aromatic carbocycles. The number of nitrogens with one attached hydrogen (secondary N) is 1. The Labute approximate surface area is 106 Å². The standard InChI is InChI=1S/C5H11NO2S.H3NOS.H3O4P/c1-9-3-2-4(6)5(7)8;1-3-2;1-5(2,3)4/h4H,2-3,6H2,1H3,(H,7,8);1H,3H2;(H3,1,2,3,4)/t4-;;/m0../s1. The monoisotopic (exact) mass is 312 g/mol. The minimum Gasteiger partial charge on any atom is -0.480 e. The minimum atomic E-state index is -4.64. The van der Waals surface area contributed by atoms with Crippen LogP contribution in [0.3, 0.4) is 0 Å². The van der Waals surface area contributed by atoms with Crippen molar-refractivity contribution in [2.45, 2.75) is 12.5 Å². The van der Waals surface area contributed by atoms with Crippen molar-refractivity contribution in [1.29, 1.82) is 4.78 Å². The molecule has 0 aromatic rings. The summed E-state index contributed by atoms with van der Waals surface area (Å²) in [6.45, 7) is 0. The van der Waals surface area contributed by atoms with Gasteiger partial charge in [0.1, 0.15) is 6.04 Å². The molecular formula is C5H17N2O7PS2. The van der Waals surface area contributed by atoms with Crippen molar-refractivity contribution < 1.29 is 33.4 Å². The summed E-state index contributed by atoms with van der Waals surface area (Å²) in [5, 5.41) is 8.27. The fourth-order valence-electron chi connectivity index (χ4n) is 0.368. The minimum absolute atomic E-state index is 0.552. The van der Waals surface area contributed by atoms with E-state index in [1.807, 2.05) is 6.26 Å². The summed E-state index contributed by atoms with van der Waals surface area (Å²) in [5.74, 6) is -0.1000. The first-order valence-corrected chi connectivity index (χ1v) is 7.76. The number of hydrogen-bond donors (Lipinski definition) is 6. The van der Waals surface area contributed by atoms with E-state index >= 15 is 0 Å². The zero-order chi connectivity index (χ0) is 14.5. The van der Waals surface area contributed by atoms with Gasteiger partial charge in [0.2, 0.25) is 0 Å². The van der Waals surface area contributed by atoms with Crippen LogP contribution in [-0.2, 0) is 20.8 Å². The lowest BCUT2D eigenvalue weighted by Gasteiger charge is -2.02. The maximum Gasteiger partial charge on any atom is 0.466 e. The summed E-state index contributed by atoms with van der Waals surface area (Å²) in [7, 11) is -4.64. The van der Waals surface area contributed by atoms with Gasteiger partial charge < -0.3 is 25.5 Å². The molecule has 0 aliphatic rings. The van der Waals surface area contributed by atoms with E-state index < -0.39 is 31.3 Å². The van der Waals surface area contributed by atoms with E-state index in [0.717, 1.165) is 5.75 Å². The fourth-order valence-corrected chi connectivity index (χ4v) is 0.858. The lowest BCUT2D eigenvalue weighted by Crippen LogP contribution is -2.30. The quantitative estimate of drug-likeness (QED) is 0.342. The molecule has 0 spiro atoms. The average molecular weight is 312 g/mol. The van der Waals surface area contributed by atoms with Crippen molar-refractivity contribution in [2.75, 3.05) is 12.0 Å². The molecule has 0 amide bonds. The molecular weight excluding hydrogens is 295 g/mol. The second kappa shape index (κ2) is 13.9. The maximum atomic E-state index is 10.1.